The molecule has 21 heavy (non-hydrogen) atoms. The van der Waals surface area contributed by atoms with Crippen molar-refractivity contribution in [3.8, 4) is 5.75 Å². The van der Waals surface area contributed by atoms with E-state index in [0.717, 1.165) is 32.1 Å². The first-order chi connectivity index (χ1) is 10.2. The van der Waals surface area contributed by atoms with Crippen LogP contribution in [-0.4, -0.2) is 29.9 Å². The average Bonchev–Trinajstić information content (AvgIpc) is 2.49. The number of carbonyl (C=O) groups excluding carboxylic acids is 1. The topological polar surface area (TPSA) is 70.6 Å². The SMILES string of the molecule is CCCOc1ccccc1NC(=O)NC1CCC(O)CC1. The van der Waals surface area contributed by atoms with Crippen molar-refractivity contribution in [2.24, 2.45) is 0 Å². The lowest BCUT2D eigenvalue weighted by Gasteiger charge is -2.26. The van der Waals surface area contributed by atoms with Crippen LogP contribution in [0.3, 0.4) is 0 Å². The first kappa shape index (κ1) is 15.6. The summed E-state index contributed by atoms with van der Waals surface area (Å²) < 4.78 is 5.62. The number of aliphatic hydroxyl groups is 1. The Bertz CT molecular complexity index is 457. The number of benzene rings is 1. The van der Waals surface area contributed by atoms with E-state index < -0.39 is 0 Å². The van der Waals surface area contributed by atoms with Gasteiger partial charge in [0, 0.05) is 6.04 Å². The zero-order valence-electron chi connectivity index (χ0n) is 12.5. The van der Waals surface area contributed by atoms with Gasteiger partial charge in [0.15, 0.2) is 0 Å². The van der Waals surface area contributed by atoms with E-state index in [1.54, 1.807) is 0 Å². The molecule has 1 aromatic rings. The smallest absolute Gasteiger partial charge is 0.319 e. The van der Waals surface area contributed by atoms with Crippen LogP contribution in [0.4, 0.5) is 10.5 Å². The molecule has 0 saturated heterocycles. The Labute approximate surface area is 125 Å². The minimum absolute atomic E-state index is 0.136. The maximum atomic E-state index is 12.0. The zero-order chi connectivity index (χ0) is 15.1. The van der Waals surface area contributed by atoms with E-state index >= 15 is 0 Å². The zero-order valence-corrected chi connectivity index (χ0v) is 12.5. The number of para-hydroxylation sites is 2. The summed E-state index contributed by atoms with van der Waals surface area (Å²) in [5.74, 6) is 0.688. The molecule has 0 bridgehead atoms. The largest absolute Gasteiger partial charge is 0.491 e. The minimum Gasteiger partial charge on any atom is -0.491 e. The van der Waals surface area contributed by atoms with Crippen molar-refractivity contribution in [1.29, 1.82) is 0 Å². The van der Waals surface area contributed by atoms with Gasteiger partial charge in [-0.25, -0.2) is 4.79 Å². The third-order valence-corrected chi connectivity index (χ3v) is 3.63. The van der Waals surface area contributed by atoms with Gasteiger partial charge in [-0.2, -0.15) is 0 Å². The molecule has 1 saturated carbocycles. The predicted molar refractivity (Wildman–Crippen MR) is 82.6 cm³/mol. The second-order valence-electron chi connectivity index (χ2n) is 5.45. The fraction of sp³-hybridized carbons (Fsp3) is 0.562. The third kappa shape index (κ3) is 4.93. The molecule has 1 aliphatic rings. The Hall–Kier alpha value is -1.75. The predicted octanol–water partition coefficient (Wildman–Crippen LogP) is 2.90. The lowest BCUT2D eigenvalue weighted by molar-refractivity contribution is 0.118. The third-order valence-electron chi connectivity index (χ3n) is 3.63. The van der Waals surface area contributed by atoms with Crippen molar-refractivity contribution in [2.75, 3.05) is 11.9 Å². The highest BCUT2D eigenvalue weighted by Gasteiger charge is 2.21. The van der Waals surface area contributed by atoms with E-state index in [4.69, 9.17) is 4.74 Å². The van der Waals surface area contributed by atoms with Gasteiger partial charge in [0.05, 0.1) is 18.4 Å². The summed E-state index contributed by atoms with van der Waals surface area (Å²) in [6, 6.07) is 7.35. The van der Waals surface area contributed by atoms with Crippen LogP contribution in [0.25, 0.3) is 0 Å². The number of hydrogen-bond donors (Lipinski definition) is 3. The highest BCUT2D eigenvalue weighted by atomic mass is 16.5. The molecule has 5 nitrogen and oxygen atoms in total. The molecule has 0 aliphatic heterocycles. The summed E-state index contributed by atoms with van der Waals surface area (Å²) in [4.78, 5) is 12.0. The molecule has 0 aromatic heterocycles. The molecular formula is C16H24N2O3. The molecule has 116 valence electrons. The summed E-state index contributed by atoms with van der Waals surface area (Å²) in [7, 11) is 0. The maximum Gasteiger partial charge on any atom is 0.319 e. The van der Waals surface area contributed by atoms with Crippen LogP contribution in [0.15, 0.2) is 24.3 Å². The molecule has 1 fully saturated rings. The van der Waals surface area contributed by atoms with Gasteiger partial charge in [0.2, 0.25) is 0 Å². The quantitative estimate of drug-likeness (QED) is 0.781. The summed E-state index contributed by atoms with van der Waals surface area (Å²) in [5.41, 5.74) is 0.680. The van der Waals surface area contributed by atoms with Crippen molar-refractivity contribution < 1.29 is 14.6 Å². The van der Waals surface area contributed by atoms with E-state index in [2.05, 4.69) is 10.6 Å². The number of carbonyl (C=O) groups is 1. The highest BCUT2D eigenvalue weighted by molar-refractivity contribution is 5.91. The van der Waals surface area contributed by atoms with E-state index in [1.807, 2.05) is 31.2 Å². The second-order valence-corrected chi connectivity index (χ2v) is 5.45. The molecule has 3 N–H and O–H groups in total. The fourth-order valence-corrected chi connectivity index (χ4v) is 2.47. The number of hydrogen-bond acceptors (Lipinski definition) is 3. The van der Waals surface area contributed by atoms with Gasteiger partial charge in [-0.15, -0.1) is 0 Å². The lowest BCUT2D eigenvalue weighted by atomic mass is 9.93. The Balaban J connectivity index is 1.87. The molecule has 0 atom stereocenters. The Morgan fingerprint density at radius 2 is 2.00 bits per heavy atom. The van der Waals surface area contributed by atoms with Crippen LogP contribution < -0.4 is 15.4 Å². The van der Waals surface area contributed by atoms with Gasteiger partial charge in [-0.05, 0) is 44.2 Å². The highest BCUT2D eigenvalue weighted by Crippen LogP contribution is 2.24. The van der Waals surface area contributed by atoms with Crippen LogP contribution in [0.1, 0.15) is 39.0 Å². The molecule has 0 radical (unpaired) electrons. The number of rotatable bonds is 5. The molecule has 2 rings (SSSR count). The molecule has 5 heteroatoms. The normalized spacial score (nSPS) is 21.6. The van der Waals surface area contributed by atoms with Crippen molar-refractivity contribution >= 4 is 11.7 Å². The summed E-state index contributed by atoms with van der Waals surface area (Å²) in [5, 5.41) is 15.3. The maximum absolute atomic E-state index is 12.0. The number of amides is 2. The fourth-order valence-electron chi connectivity index (χ4n) is 2.47. The standard InChI is InChI=1S/C16H24N2O3/c1-2-11-21-15-6-4-3-5-14(15)18-16(20)17-12-7-9-13(19)10-8-12/h3-6,12-13,19H,2,7-11H2,1H3,(H2,17,18,20). The first-order valence-corrected chi connectivity index (χ1v) is 7.66. The van der Waals surface area contributed by atoms with Crippen molar-refractivity contribution in [3.63, 3.8) is 0 Å². The van der Waals surface area contributed by atoms with Crippen molar-refractivity contribution in [2.45, 2.75) is 51.2 Å². The Morgan fingerprint density at radius 1 is 1.29 bits per heavy atom. The minimum atomic E-state index is -0.219. The monoisotopic (exact) mass is 292 g/mol. The van der Waals surface area contributed by atoms with Crippen molar-refractivity contribution in [1.82, 2.24) is 5.32 Å². The molecule has 1 aromatic carbocycles. The van der Waals surface area contributed by atoms with Crippen molar-refractivity contribution in [3.05, 3.63) is 24.3 Å². The van der Waals surface area contributed by atoms with Crippen LogP contribution >= 0.6 is 0 Å². The lowest BCUT2D eigenvalue weighted by Crippen LogP contribution is -2.40. The number of anilines is 1. The van der Waals surface area contributed by atoms with Crippen LogP contribution in [0.5, 0.6) is 5.75 Å². The summed E-state index contributed by atoms with van der Waals surface area (Å²) in [6.07, 6.45) is 3.85. The van der Waals surface area contributed by atoms with Crippen LogP contribution in [0, 0.1) is 0 Å². The van der Waals surface area contributed by atoms with Gasteiger partial charge in [0.1, 0.15) is 5.75 Å². The van der Waals surface area contributed by atoms with Gasteiger partial charge >= 0.3 is 6.03 Å². The summed E-state index contributed by atoms with van der Waals surface area (Å²) in [6.45, 7) is 2.67. The number of ether oxygens (including phenoxy) is 1. The van der Waals surface area contributed by atoms with E-state index in [0.29, 0.717) is 18.0 Å². The van der Waals surface area contributed by atoms with E-state index in [-0.39, 0.29) is 18.2 Å². The number of nitrogens with one attached hydrogen (secondary N) is 2. The molecule has 0 heterocycles. The first-order valence-electron chi connectivity index (χ1n) is 7.66. The van der Waals surface area contributed by atoms with Crippen LogP contribution in [0.2, 0.25) is 0 Å². The van der Waals surface area contributed by atoms with Gasteiger partial charge in [0.25, 0.3) is 0 Å². The van der Waals surface area contributed by atoms with Gasteiger partial charge < -0.3 is 20.5 Å². The number of aliphatic hydroxyl groups excluding tert-OH is 1. The summed E-state index contributed by atoms with van der Waals surface area (Å²) >= 11 is 0. The molecule has 0 spiro atoms. The molecular weight excluding hydrogens is 268 g/mol. The second kappa shape index (κ2) is 7.88. The van der Waals surface area contributed by atoms with Gasteiger partial charge in [-0.3, -0.25) is 0 Å². The Morgan fingerprint density at radius 3 is 2.71 bits per heavy atom. The van der Waals surface area contributed by atoms with Gasteiger partial charge in [-0.1, -0.05) is 19.1 Å². The molecule has 0 unspecified atom stereocenters. The van der Waals surface area contributed by atoms with E-state index in [9.17, 15) is 9.90 Å². The van der Waals surface area contributed by atoms with E-state index in [1.165, 1.54) is 0 Å². The Kier molecular flexibility index (Phi) is 5.87. The molecule has 1 aliphatic carbocycles. The number of urea groups is 1. The molecule has 2 amide bonds. The van der Waals surface area contributed by atoms with Crippen LogP contribution in [-0.2, 0) is 0 Å². The average molecular weight is 292 g/mol.